The summed E-state index contributed by atoms with van der Waals surface area (Å²) in [4.78, 5) is 37.7. The average Bonchev–Trinajstić information content (AvgIpc) is 2.84. The van der Waals surface area contributed by atoms with Crippen LogP contribution in [-0.4, -0.2) is 86.8 Å². The molecule has 0 saturated heterocycles. The number of aliphatic hydroxyl groups is 2. The molecule has 2 aromatic heterocycles. The lowest BCUT2D eigenvalue weighted by Crippen LogP contribution is -2.50. The second kappa shape index (κ2) is 11.1. The Morgan fingerprint density at radius 3 is 2.71 bits per heavy atom. The van der Waals surface area contributed by atoms with E-state index in [1.54, 1.807) is 61.3 Å². The number of hydrogen-bond donors (Lipinski definition) is 2. The SMILES string of the molecule is C[C@H](O)C#Cc1cnc2c(c1)C(=O)N([C@H](C)CO)C[C@@H](C)[C@H](CN(C)C(=O)c1ccncc1)O2. The van der Waals surface area contributed by atoms with E-state index in [2.05, 4.69) is 21.8 Å². The summed E-state index contributed by atoms with van der Waals surface area (Å²) in [5.41, 5.74) is 1.20. The summed E-state index contributed by atoms with van der Waals surface area (Å²) in [7, 11) is 1.69. The minimum atomic E-state index is -0.821. The Morgan fingerprint density at radius 2 is 2.06 bits per heavy atom. The second-order valence-electron chi connectivity index (χ2n) is 8.57. The molecule has 180 valence electrons. The van der Waals surface area contributed by atoms with Crippen LogP contribution in [0.25, 0.3) is 0 Å². The van der Waals surface area contributed by atoms with Crippen molar-refractivity contribution in [3.63, 3.8) is 0 Å². The average molecular weight is 467 g/mol. The van der Waals surface area contributed by atoms with Gasteiger partial charge >= 0.3 is 0 Å². The largest absolute Gasteiger partial charge is 0.472 e. The molecule has 0 radical (unpaired) electrons. The van der Waals surface area contributed by atoms with Gasteiger partial charge in [0.2, 0.25) is 5.88 Å². The summed E-state index contributed by atoms with van der Waals surface area (Å²) in [6.45, 7) is 5.64. The number of pyridine rings is 2. The summed E-state index contributed by atoms with van der Waals surface area (Å²) in [5.74, 6) is 4.93. The number of likely N-dealkylation sites (N-methyl/N-ethyl adjacent to an activating group) is 1. The van der Waals surface area contributed by atoms with Crippen molar-refractivity contribution < 1.29 is 24.5 Å². The molecule has 2 N–H and O–H groups in total. The molecular formula is C25H30N4O5. The number of amides is 2. The molecule has 0 fully saturated rings. The molecule has 0 aliphatic carbocycles. The Labute approximate surface area is 199 Å². The van der Waals surface area contributed by atoms with Crippen LogP contribution < -0.4 is 4.74 Å². The van der Waals surface area contributed by atoms with Gasteiger partial charge in [-0.25, -0.2) is 4.98 Å². The van der Waals surface area contributed by atoms with Crippen LogP contribution >= 0.6 is 0 Å². The highest BCUT2D eigenvalue weighted by Gasteiger charge is 2.34. The summed E-state index contributed by atoms with van der Waals surface area (Å²) >= 11 is 0. The van der Waals surface area contributed by atoms with Crippen LogP contribution in [0.4, 0.5) is 0 Å². The third kappa shape index (κ3) is 5.90. The monoisotopic (exact) mass is 466 g/mol. The van der Waals surface area contributed by atoms with Gasteiger partial charge in [-0.2, -0.15) is 0 Å². The molecule has 2 amide bonds. The zero-order valence-electron chi connectivity index (χ0n) is 19.8. The molecule has 2 aromatic rings. The number of hydrogen-bond acceptors (Lipinski definition) is 7. The summed E-state index contributed by atoms with van der Waals surface area (Å²) in [5, 5.41) is 19.2. The van der Waals surface area contributed by atoms with E-state index in [-0.39, 0.29) is 42.3 Å². The predicted octanol–water partition coefficient (Wildman–Crippen LogP) is 1.20. The minimum Gasteiger partial charge on any atom is -0.472 e. The lowest BCUT2D eigenvalue weighted by Gasteiger charge is -2.37. The minimum absolute atomic E-state index is 0.143. The fraction of sp³-hybridized carbons (Fsp3) is 0.440. The number of fused-ring (bicyclic) bond motifs is 1. The highest BCUT2D eigenvalue weighted by atomic mass is 16.5. The Hall–Kier alpha value is -3.48. The lowest BCUT2D eigenvalue weighted by atomic mass is 9.99. The molecule has 0 spiro atoms. The van der Waals surface area contributed by atoms with Crippen LogP contribution in [0.15, 0.2) is 36.8 Å². The molecular weight excluding hydrogens is 436 g/mol. The molecule has 3 rings (SSSR count). The van der Waals surface area contributed by atoms with Crippen molar-refractivity contribution in [2.75, 3.05) is 26.7 Å². The molecule has 1 aliphatic rings. The highest BCUT2D eigenvalue weighted by Crippen LogP contribution is 2.27. The van der Waals surface area contributed by atoms with Gasteiger partial charge < -0.3 is 24.7 Å². The fourth-order valence-corrected chi connectivity index (χ4v) is 3.64. The van der Waals surface area contributed by atoms with Crippen molar-refractivity contribution >= 4 is 11.8 Å². The van der Waals surface area contributed by atoms with Crippen LogP contribution in [0.5, 0.6) is 5.88 Å². The van der Waals surface area contributed by atoms with Crippen molar-refractivity contribution in [1.29, 1.82) is 0 Å². The molecule has 1 aliphatic heterocycles. The number of carbonyl (C=O) groups excluding carboxylic acids is 2. The number of nitrogens with zero attached hydrogens (tertiary/aromatic N) is 4. The van der Waals surface area contributed by atoms with Crippen LogP contribution in [0.3, 0.4) is 0 Å². The summed E-state index contributed by atoms with van der Waals surface area (Å²) < 4.78 is 6.19. The molecule has 0 aromatic carbocycles. The molecule has 4 atom stereocenters. The fourth-order valence-electron chi connectivity index (χ4n) is 3.64. The first-order valence-electron chi connectivity index (χ1n) is 11.1. The van der Waals surface area contributed by atoms with E-state index in [1.165, 1.54) is 6.20 Å². The summed E-state index contributed by atoms with van der Waals surface area (Å²) in [6.07, 6.45) is 3.33. The van der Waals surface area contributed by atoms with Gasteiger partial charge in [0.05, 0.1) is 19.2 Å². The number of carbonyl (C=O) groups is 2. The van der Waals surface area contributed by atoms with Gasteiger partial charge in [0.15, 0.2) is 0 Å². The molecule has 3 heterocycles. The van der Waals surface area contributed by atoms with Gasteiger partial charge in [0.25, 0.3) is 11.8 Å². The number of ether oxygens (including phenoxy) is 1. The van der Waals surface area contributed by atoms with E-state index in [4.69, 9.17) is 4.74 Å². The maximum atomic E-state index is 13.4. The van der Waals surface area contributed by atoms with E-state index in [1.807, 2.05) is 6.92 Å². The Balaban J connectivity index is 1.95. The molecule has 0 unspecified atom stereocenters. The van der Waals surface area contributed by atoms with Crippen molar-refractivity contribution in [3.8, 4) is 17.7 Å². The molecule has 34 heavy (non-hydrogen) atoms. The Kier molecular flexibility index (Phi) is 8.21. The van der Waals surface area contributed by atoms with Crippen LogP contribution in [0.2, 0.25) is 0 Å². The maximum Gasteiger partial charge on any atom is 0.259 e. The topological polar surface area (TPSA) is 116 Å². The Morgan fingerprint density at radius 1 is 1.35 bits per heavy atom. The van der Waals surface area contributed by atoms with Crippen LogP contribution in [0, 0.1) is 17.8 Å². The third-order valence-corrected chi connectivity index (χ3v) is 5.67. The van der Waals surface area contributed by atoms with Gasteiger partial charge in [0, 0.05) is 49.2 Å². The quantitative estimate of drug-likeness (QED) is 0.636. The first kappa shape index (κ1) is 25.1. The first-order chi connectivity index (χ1) is 16.2. The van der Waals surface area contributed by atoms with Crippen LogP contribution in [0.1, 0.15) is 47.1 Å². The molecule has 0 bridgehead atoms. The predicted molar refractivity (Wildman–Crippen MR) is 125 cm³/mol. The Bertz CT molecular complexity index is 1080. The first-order valence-corrected chi connectivity index (χ1v) is 11.1. The highest BCUT2D eigenvalue weighted by molar-refractivity contribution is 5.97. The van der Waals surface area contributed by atoms with Gasteiger partial charge in [0.1, 0.15) is 17.8 Å². The van der Waals surface area contributed by atoms with Gasteiger partial charge in [-0.15, -0.1) is 0 Å². The van der Waals surface area contributed by atoms with Gasteiger partial charge in [-0.3, -0.25) is 14.6 Å². The number of rotatable bonds is 5. The van der Waals surface area contributed by atoms with Gasteiger partial charge in [-0.1, -0.05) is 18.8 Å². The number of aromatic nitrogens is 2. The second-order valence-corrected chi connectivity index (χ2v) is 8.57. The van der Waals surface area contributed by atoms with Crippen molar-refractivity contribution in [2.45, 2.75) is 39.0 Å². The standard InChI is InChI=1S/C25H30N4O5/c1-16-13-29(17(2)15-30)25(33)21-11-19(6-5-18(3)31)12-27-23(21)34-22(16)14-28(4)24(32)20-7-9-26-10-8-20/h7-12,16-18,22,30-31H,13-15H2,1-4H3/t16-,17-,18+,22+/m1/s1. The smallest absolute Gasteiger partial charge is 0.259 e. The zero-order valence-corrected chi connectivity index (χ0v) is 19.8. The van der Waals surface area contributed by atoms with E-state index < -0.39 is 18.2 Å². The van der Waals surface area contributed by atoms with Crippen molar-refractivity contribution in [3.05, 3.63) is 53.5 Å². The van der Waals surface area contributed by atoms with E-state index >= 15 is 0 Å². The van der Waals surface area contributed by atoms with E-state index in [0.717, 1.165) is 0 Å². The van der Waals surface area contributed by atoms with Crippen LogP contribution in [-0.2, 0) is 0 Å². The van der Waals surface area contributed by atoms with E-state index in [9.17, 15) is 19.8 Å². The summed E-state index contributed by atoms with van der Waals surface area (Å²) in [6, 6.07) is 4.45. The normalized spacial score (nSPS) is 19.5. The van der Waals surface area contributed by atoms with Gasteiger partial charge in [-0.05, 0) is 32.0 Å². The zero-order chi connectivity index (χ0) is 24.8. The third-order valence-electron chi connectivity index (χ3n) is 5.67. The number of aliphatic hydroxyl groups excluding tert-OH is 2. The molecule has 0 saturated carbocycles. The molecule has 9 heteroatoms. The molecule has 9 nitrogen and oxygen atoms in total. The maximum absolute atomic E-state index is 13.4. The lowest BCUT2D eigenvalue weighted by molar-refractivity contribution is 0.0313. The van der Waals surface area contributed by atoms with Crippen molar-refractivity contribution in [2.24, 2.45) is 5.92 Å². The van der Waals surface area contributed by atoms with Crippen molar-refractivity contribution in [1.82, 2.24) is 19.8 Å². The van der Waals surface area contributed by atoms with E-state index in [0.29, 0.717) is 17.7 Å².